The number of aromatic nitrogens is 1. The minimum atomic E-state index is -0.425. The van der Waals surface area contributed by atoms with E-state index in [1.54, 1.807) is 12.3 Å². The zero-order valence-electron chi connectivity index (χ0n) is 17.6. The molecule has 0 fully saturated rings. The van der Waals surface area contributed by atoms with Crippen molar-refractivity contribution >= 4 is 72.5 Å². The second kappa shape index (κ2) is 9.44. The van der Waals surface area contributed by atoms with E-state index in [9.17, 15) is 10.1 Å². The lowest BCUT2D eigenvalue weighted by atomic mass is 10.1. The van der Waals surface area contributed by atoms with Crippen LogP contribution >= 0.6 is 38.5 Å². The third-order valence-corrected chi connectivity index (χ3v) is 6.69. The Labute approximate surface area is 217 Å². The molecule has 0 atom stereocenters. The summed E-state index contributed by atoms with van der Waals surface area (Å²) < 4.78 is 9.65. The number of hydrogen-bond donors (Lipinski definition) is 1. The summed E-state index contributed by atoms with van der Waals surface area (Å²) in [4.78, 5) is 12.6. The molecule has 166 valence electrons. The Hall–Kier alpha value is -3.42. The van der Waals surface area contributed by atoms with Gasteiger partial charge in [-0.25, -0.2) is 5.43 Å². The summed E-state index contributed by atoms with van der Waals surface area (Å²) >= 11 is 5.63. The van der Waals surface area contributed by atoms with E-state index >= 15 is 0 Å². The molecule has 0 unspecified atom stereocenters. The fraction of sp³-hybridized carbons (Fsp3) is 0.0385. The molecule has 2 heterocycles. The summed E-state index contributed by atoms with van der Waals surface area (Å²) in [6, 6.07) is 23.3. The monoisotopic (exact) mass is 622 g/mol. The van der Waals surface area contributed by atoms with Gasteiger partial charge in [-0.1, -0.05) is 52.3 Å². The Morgan fingerprint density at radius 1 is 1.18 bits per heavy atom. The molecule has 0 saturated heterocycles. The van der Waals surface area contributed by atoms with Gasteiger partial charge in [0.1, 0.15) is 5.58 Å². The van der Waals surface area contributed by atoms with Crippen molar-refractivity contribution in [2.45, 2.75) is 6.54 Å². The van der Waals surface area contributed by atoms with Crippen molar-refractivity contribution in [3.8, 4) is 6.07 Å². The molecule has 34 heavy (non-hydrogen) atoms. The lowest BCUT2D eigenvalue weighted by Crippen LogP contribution is -2.16. The highest BCUT2D eigenvalue weighted by atomic mass is 127. The summed E-state index contributed by atoms with van der Waals surface area (Å²) in [5.41, 5.74) is 6.68. The van der Waals surface area contributed by atoms with Gasteiger partial charge in [-0.15, -0.1) is 0 Å². The highest BCUT2D eigenvalue weighted by Crippen LogP contribution is 2.28. The smallest absolute Gasteiger partial charge is 0.307 e. The first-order valence-electron chi connectivity index (χ1n) is 10.3. The molecule has 2 aromatic heterocycles. The summed E-state index contributed by atoms with van der Waals surface area (Å²) in [6.45, 7) is 0.553. The Kier molecular flexibility index (Phi) is 6.22. The van der Waals surface area contributed by atoms with Gasteiger partial charge in [-0.2, -0.15) is 10.4 Å². The fourth-order valence-corrected chi connectivity index (χ4v) is 5.52. The Morgan fingerprint density at radius 3 is 2.82 bits per heavy atom. The lowest BCUT2D eigenvalue weighted by Gasteiger charge is -2.07. The Morgan fingerprint density at radius 2 is 1.97 bits per heavy atom. The zero-order chi connectivity index (χ0) is 23.7. The van der Waals surface area contributed by atoms with Crippen molar-refractivity contribution in [2.24, 2.45) is 5.10 Å². The number of carbonyl (C=O) groups is 1. The van der Waals surface area contributed by atoms with E-state index in [2.05, 4.69) is 59.7 Å². The van der Waals surface area contributed by atoms with Gasteiger partial charge >= 0.3 is 5.91 Å². The van der Waals surface area contributed by atoms with Crippen LogP contribution in [0.15, 0.2) is 86.9 Å². The van der Waals surface area contributed by atoms with E-state index in [1.165, 1.54) is 0 Å². The molecule has 5 rings (SSSR count). The molecular weight excluding hydrogens is 607 g/mol. The number of nitrogens with one attached hydrogen (secondary N) is 1. The molecular formula is C26H16BrIN4O2. The van der Waals surface area contributed by atoms with Crippen LogP contribution in [0.3, 0.4) is 0 Å². The number of halogens is 2. The maximum atomic E-state index is 12.6. The molecule has 1 amide bonds. The average molecular weight is 623 g/mol. The molecule has 8 heteroatoms. The minimum absolute atomic E-state index is 0.193. The van der Waals surface area contributed by atoms with Gasteiger partial charge in [0.25, 0.3) is 0 Å². The third kappa shape index (κ3) is 4.36. The summed E-state index contributed by atoms with van der Waals surface area (Å²) in [5.74, 6) is -0.232. The van der Waals surface area contributed by atoms with Crippen LogP contribution in [0.2, 0.25) is 0 Å². The average Bonchev–Trinajstić information content (AvgIpc) is 3.42. The molecule has 0 aliphatic heterocycles. The molecule has 0 saturated carbocycles. The standard InChI is InChI=1S/C26H16BrIN4O2/c27-20-9-18-10-24(34-25(18)22(28)11-20)26(33)31-30-13-19-15-32(23-8-4-3-7-21(19)23)14-17-6-2-1-5-16(17)12-29/h1-11,13,15H,14H2,(H,31,33)/b30-13-. The number of furan rings is 1. The summed E-state index contributed by atoms with van der Waals surface area (Å²) in [7, 11) is 0. The quantitative estimate of drug-likeness (QED) is 0.139. The van der Waals surface area contributed by atoms with Crippen LogP contribution < -0.4 is 5.43 Å². The van der Waals surface area contributed by atoms with Crippen LogP contribution in [0.25, 0.3) is 21.9 Å². The van der Waals surface area contributed by atoms with Crippen LogP contribution in [0, 0.1) is 14.9 Å². The van der Waals surface area contributed by atoms with Gasteiger partial charge in [0.05, 0.1) is 21.4 Å². The van der Waals surface area contributed by atoms with Crippen molar-refractivity contribution in [3.63, 3.8) is 0 Å². The number of nitriles is 1. The largest absolute Gasteiger partial charge is 0.450 e. The number of amides is 1. The van der Waals surface area contributed by atoms with Crippen LogP contribution in [0.4, 0.5) is 0 Å². The number of fused-ring (bicyclic) bond motifs is 2. The summed E-state index contributed by atoms with van der Waals surface area (Å²) in [5, 5.41) is 15.4. The summed E-state index contributed by atoms with van der Waals surface area (Å²) in [6.07, 6.45) is 3.59. The van der Waals surface area contributed by atoms with Crippen molar-refractivity contribution in [3.05, 3.63) is 103 Å². The zero-order valence-corrected chi connectivity index (χ0v) is 21.4. The van der Waals surface area contributed by atoms with Crippen molar-refractivity contribution < 1.29 is 9.21 Å². The molecule has 0 aliphatic rings. The van der Waals surface area contributed by atoms with Gasteiger partial charge in [0.2, 0.25) is 0 Å². The van der Waals surface area contributed by atoms with E-state index in [-0.39, 0.29) is 5.76 Å². The number of para-hydroxylation sites is 1. The first kappa shape index (κ1) is 22.4. The first-order chi connectivity index (χ1) is 16.5. The van der Waals surface area contributed by atoms with Gasteiger partial charge in [-0.05, 0) is 58.5 Å². The highest BCUT2D eigenvalue weighted by Gasteiger charge is 2.14. The molecule has 1 N–H and O–H groups in total. The molecule has 0 radical (unpaired) electrons. The van der Waals surface area contributed by atoms with E-state index < -0.39 is 5.91 Å². The molecule has 0 spiro atoms. The van der Waals surface area contributed by atoms with Crippen LogP contribution in [-0.4, -0.2) is 16.7 Å². The number of hydrogen-bond acceptors (Lipinski definition) is 4. The van der Waals surface area contributed by atoms with Gasteiger partial charge in [0.15, 0.2) is 5.76 Å². The Bertz CT molecular complexity index is 1630. The number of carbonyl (C=O) groups excluding carboxylic acids is 1. The molecule has 6 nitrogen and oxygen atoms in total. The topological polar surface area (TPSA) is 83.3 Å². The van der Waals surface area contributed by atoms with E-state index in [0.717, 1.165) is 35.5 Å². The third-order valence-electron chi connectivity index (χ3n) is 5.43. The lowest BCUT2D eigenvalue weighted by molar-refractivity contribution is 0.0929. The normalized spacial score (nSPS) is 11.3. The number of benzene rings is 3. The van der Waals surface area contributed by atoms with Crippen molar-refractivity contribution in [2.75, 3.05) is 0 Å². The van der Waals surface area contributed by atoms with Crippen LogP contribution in [-0.2, 0) is 6.54 Å². The molecule has 0 bridgehead atoms. The number of hydrazone groups is 1. The molecule has 3 aromatic carbocycles. The van der Waals surface area contributed by atoms with Gasteiger partial charge in [-0.3, -0.25) is 4.79 Å². The molecule has 5 aromatic rings. The van der Waals surface area contributed by atoms with Crippen LogP contribution in [0.1, 0.15) is 27.2 Å². The van der Waals surface area contributed by atoms with Crippen molar-refractivity contribution in [1.29, 1.82) is 5.26 Å². The molecule has 0 aliphatic carbocycles. The highest BCUT2D eigenvalue weighted by molar-refractivity contribution is 14.1. The number of nitrogens with zero attached hydrogens (tertiary/aromatic N) is 3. The van der Waals surface area contributed by atoms with Crippen LogP contribution in [0.5, 0.6) is 0 Å². The van der Waals surface area contributed by atoms with Crippen molar-refractivity contribution in [1.82, 2.24) is 9.99 Å². The van der Waals surface area contributed by atoms with E-state index in [0.29, 0.717) is 17.7 Å². The second-order valence-electron chi connectivity index (χ2n) is 7.61. The minimum Gasteiger partial charge on any atom is -0.450 e. The van der Waals surface area contributed by atoms with Gasteiger partial charge in [0, 0.05) is 39.1 Å². The SMILES string of the molecule is N#Cc1ccccc1Cn1cc(/C=N\NC(=O)c2cc3cc(Br)cc(I)c3o2)c2ccccc21. The van der Waals surface area contributed by atoms with E-state index in [4.69, 9.17) is 4.42 Å². The van der Waals surface area contributed by atoms with E-state index in [1.807, 2.05) is 66.9 Å². The number of rotatable bonds is 5. The predicted octanol–water partition coefficient (Wildman–Crippen LogP) is 6.44. The Balaban J connectivity index is 1.40. The second-order valence-corrected chi connectivity index (χ2v) is 9.69. The maximum absolute atomic E-state index is 12.6. The van der Waals surface area contributed by atoms with Gasteiger partial charge < -0.3 is 8.98 Å². The maximum Gasteiger partial charge on any atom is 0.307 e. The fourth-order valence-electron chi connectivity index (χ4n) is 3.86. The first-order valence-corrected chi connectivity index (χ1v) is 12.2. The predicted molar refractivity (Wildman–Crippen MR) is 144 cm³/mol.